The summed E-state index contributed by atoms with van der Waals surface area (Å²) in [7, 11) is 0. The minimum Gasteiger partial charge on any atom is -0.493 e. The molecule has 2 aromatic rings. The Labute approximate surface area is 121 Å². The van der Waals surface area contributed by atoms with Crippen molar-refractivity contribution >= 4 is 12.2 Å². The average molecular weight is 264 g/mol. The van der Waals surface area contributed by atoms with Gasteiger partial charge in [-0.2, -0.15) is 0 Å². The van der Waals surface area contributed by atoms with E-state index in [2.05, 4.69) is 37.4 Å². The first-order chi connectivity index (χ1) is 9.85. The second-order valence-electron chi connectivity index (χ2n) is 4.60. The van der Waals surface area contributed by atoms with E-state index in [-0.39, 0.29) is 0 Å². The standard InChI is InChI=1S/C19H20O/c1-3-17-13-8-14-19(18(17)4-2)20-15-9-12-16-10-6-5-7-11-16/h3-8,10-11,13-14H,1-2,9,12,15H2. The molecule has 0 saturated heterocycles. The highest BCUT2D eigenvalue weighted by molar-refractivity contribution is 5.68. The van der Waals surface area contributed by atoms with Crippen LogP contribution in [0.3, 0.4) is 0 Å². The third-order valence-corrected chi connectivity index (χ3v) is 3.23. The third kappa shape index (κ3) is 3.61. The van der Waals surface area contributed by atoms with Gasteiger partial charge < -0.3 is 4.74 Å². The number of hydrogen-bond acceptors (Lipinski definition) is 1. The van der Waals surface area contributed by atoms with Crippen molar-refractivity contribution < 1.29 is 4.74 Å². The highest BCUT2D eigenvalue weighted by Crippen LogP contribution is 2.24. The van der Waals surface area contributed by atoms with Gasteiger partial charge in [0.1, 0.15) is 5.75 Å². The molecule has 102 valence electrons. The van der Waals surface area contributed by atoms with Crippen LogP contribution in [0.15, 0.2) is 61.7 Å². The molecule has 1 nitrogen and oxygen atoms in total. The van der Waals surface area contributed by atoms with E-state index in [0.717, 1.165) is 29.7 Å². The van der Waals surface area contributed by atoms with Gasteiger partial charge in [0, 0.05) is 5.56 Å². The Bertz CT molecular complexity index is 570. The van der Waals surface area contributed by atoms with Gasteiger partial charge in [0.2, 0.25) is 0 Å². The van der Waals surface area contributed by atoms with Crippen molar-refractivity contribution in [2.75, 3.05) is 6.61 Å². The summed E-state index contributed by atoms with van der Waals surface area (Å²) in [4.78, 5) is 0. The number of ether oxygens (including phenoxy) is 1. The van der Waals surface area contributed by atoms with E-state index in [1.807, 2.05) is 36.4 Å². The van der Waals surface area contributed by atoms with Gasteiger partial charge in [-0.1, -0.05) is 67.8 Å². The smallest absolute Gasteiger partial charge is 0.127 e. The van der Waals surface area contributed by atoms with E-state index in [1.165, 1.54) is 5.56 Å². The normalized spacial score (nSPS) is 10.0. The second-order valence-corrected chi connectivity index (χ2v) is 4.60. The molecule has 0 spiro atoms. The zero-order valence-electron chi connectivity index (χ0n) is 11.7. The maximum Gasteiger partial charge on any atom is 0.127 e. The van der Waals surface area contributed by atoms with Crippen molar-refractivity contribution in [1.29, 1.82) is 0 Å². The number of rotatable bonds is 7. The maximum absolute atomic E-state index is 5.87. The van der Waals surface area contributed by atoms with Gasteiger partial charge >= 0.3 is 0 Å². The van der Waals surface area contributed by atoms with Crippen molar-refractivity contribution in [2.24, 2.45) is 0 Å². The van der Waals surface area contributed by atoms with Gasteiger partial charge in [0.25, 0.3) is 0 Å². The van der Waals surface area contributed by atoms with Crippen LogP contribution < -0.4 is 4.74 Å². The Kier molecular flexibility index (Phi) is 5.19. The van der Waals surface area contributed by atoms with Gasteiger partial charge in [-0.3, -0.25) is 0 Å². The van der Waals surface area contributed by atoms with Crippen molar-refractivity contribution in [3.8, 4) is 5.75 Å². The summed E-state index contributed by atoms with van der Waals surface area (Å²) in [6.45, 7) is 8.37. The Balaban J connectivity index is 1.91. The highest BCUT2D eigenvalue weighted by atomic mass is 16.5. The lowest BCUT2D eigenvalue weighted by molar-refractivity contribution is 0.310. The molecule has 2 rings (SSSR count). The number of aryl methyl sites for hydroxylation is 1. The Morgan fingerprint density at radius 2 is 1.70 bits per heavy atom. The fraction of sp³-hybridized carbons (Fsp3) is 0.158. The van der Waals surface area contributed by atoms with E-state index in [4.69, 9.17) is 4.74 Å². The zero-order valence-corrected chi connectivity index (χ0v) is 11.7. The fourth-order valence-electron chi connectivity index (χ4n) is 2.19. The van der Waals surface area contributed by atoms with Crippen LogP contribution in [0.5, 0.6) is 5.75 Å². The van der Waals surface area contributed by atoms with Gasteiger partial charge in [0.15, 0.2) is 0 Å². The minimum absolute atomic E-state index is 0.705. The summed E-state index contributed by atoms with van der Waals surface area (Å²) in [5.41, 5.74) is 3.42. The van der Waals surface area contributed by atoms with Crippen molar-refractivity contribution in [1.82, 2.24) is 0 Å². The molecule has 0 fully saturated rings. The van der Waals surface area contributed by atoms with E-state index < -0.39 is 0 Å². The van der Waals surface area contributed by atoms with E-state index >= 15 is 0 Å². The van der Waals surface area contributed by atoms with Crippen LogP contribution in [0, 0.1) is 0 Å². The van der Waals surface area contributed by atoms with Crippen molar-refractivity contribution in [2.45, 2.75) is 12.8 Å². The molecule has 0 radical (unpaired) electrons. The molecule has 0 aliphatic carbocycles. The lowest BCUT2D eigenvalue weighted by Gasteiger charge is -2.11. The Hall–Kier alpha value is -2.28. The molecule has 0 amide bonds. The summed E-state index contributed by atoms with van der Waals surface area (Å²) in [6, 6.07) is 16.4. The monoisotopic (exact) mass is 264 g/mol. The van der Waals surface area contributed by atoms with Gasteiger partial charge in [-0.05, 0) is 30.0 Å². The first kappa shape index (κ1) is 14.1. The SMILES string of the molecule is C=Cc1cccc(OCCCc2ccccc2)c1C=C. The minimum atomic E-state index is 0.705. The predicted molar refractivity (Wildman–Crippen MR) is 86.9 cm³/mol. The Morgan fingerprint density at radius 3 is 2.40 bits per heavy atom. The molecule has 0 unspecified atom stereocenters. The maximum atomic E-state index is 5.87. The molecule has 2 aromatic carbocycles. The molecular weight excluding hydrogens is 244 g/mol. The van der Waals surface area contributed by atoms with Crippen LogP contribution in [0.25, 0.3) is 12.2 Å². The van der Waals surface area contributed by atoms with Crippen molar-refractivity contribution in [3.63, 3.8) is 0 Å². The summed E-state index contributed by atoms with van der Waals surface area (Å²) >= 11 is 0. The lowest BCUT2D eigenvalue weighted by atomic mass is 10.1. The topological polar surface area (TPSA) is 9.23 Å². The lowest BCUT2D eigenvalue weighted by Crippen LogP contribution is -2.01. The van der Waals surface area contributed by atoms with Crippen molar-refractivity contribution in [3.05, 3.63) is 78.4 Å². The van der Waals surface area contributed by atoms with Gasteiger partial charge in [-0.15, -0.1) is 0 Å². The number of hydrogen-bond donors (Lipinski definition) is 0. The molecule has 1 heteroatoms. The highest BCUT2D eigenvalue weighted by Gasteiger charge is 2.04. The molecule has 20 heavy (non-hydrogen) atoms. The Morgan fingerprint density at radius 1 is 0.900 bits per heavy atom. The first-order valence-electron chi connectivity index (χ1n) is 6.89. The van der Waals surface area contributed by atoms with Crippen LogP contribution >= 0.6 is 0 Å². The van der Waals surface area contributed by atoms with Gasteiger partial charge in [0.05, 0.1) is 6.61 Å². The summed E-state index contributed by atoms with van der Waals surface area (Å²) in [5.74, 6) is 0.880. The van der Waals surface area contributed by atoms with E-state index in [1.54, 1.807) is 0 Å². The largest absolute Gasteiger partial charge is 0.493 e. The average Bonchev–Trinajstić information content (AvgIpc) is 2.52. The molecule has 0 N–H and O–H groups in total. The molecule has 0 aromatic heterocycles. The van der Waals surface area contributed by atoms with Crippen LogP contribution in [-0.4, -0.2) is 6.61 Å². The summed E-state index contributed by atoms with van der Waals surface area (Å²) in [6.07, 6.45) is 5.68. The second kappa shape index (κ2) is 7.34. The molecule has 0 aliphatic rings. The molecule has 0 saturated carbocycles. The first-order valence-corrected chi connectivity index (χ1v) is 6.89. The van der Waals surface area contributed by atoms with E-state index in [9.17, 15) is 0 Å². The molecule has 0 aliphatic heterocycles. The van der Waals surface area contributed by atoms with Crippen LogP contribution in [0.4, 0.5) is 0 Å². The van der Waals surface area contributed by atoms with E-state index in [0.29, 0.717) is 6.61 Å². The van der Waals surface area contributed by atoms with Crippen LogP contribution in [0.1, 0.15) is 23.1 Å². The van der Waals surface area contributed by atoms with Gasteiger partial charge in [-0.25, -0.2) is 0 Å². The number of benzene rings is 2. The van der Waals surface area contributed by atoms with Crippen LogP contribution in [0.2, 0.25) is 0 Å². The quantitative estimate of drug-likeness (QED) is 0.640. The molecule has 0 heterocycles. The molecular formula is C19H20O. The summed E-state index contributed by atoms with van der Waals surface area (Å²) in [5, 5.41) is 0. The predicted octanol–water partition coefficient (Wildman–Crippen LogP) is 4.98. The molecule has 0 bridgehead atoms. The zero-order chi connectivity index (χ0) is 14.2. The third-order valence-electron chi connectivity index (χ3n) is 3.23. The summed E-state index contributed by atoms with van der Waals surface area (Å²) < 4.78 is 5.87. The van der Waals surface area contributed by atoms with Crippen LogP contribution in [-0.2, 0) is 6.42 Å². The molecule has 0 atom stereocenters. The fourth-order valence-corrected chi connectivity index (χ4v) is 2.19.